The fourth-order valence-corrected chi connectivity index (χ4v) is 1.48. The molecule has 5 nitrogen and oxygen atoms in total. The second kappa shape index (κ2) is 9.27. The molecule has 1 aromatic rings. The van der Waals surface area contributed by atoms with E-state index >= 15 is 0 Å². The molecule has 1 aliphatic heterocycles. The Morgan fingerprint density at radius 2 is 1.95 bits per heavy atom. The van der Waals surface area contributed by atoms with Gasteiger partial charge in [-0.15, -0.1) is 0 Å². The van der Waals surface area contributed by atoms with Gasteiger partial charge in [-0.1, -0.05) is 30.3 Å². The lowest BCUT2D eigenvalue weighted by Gasteiger charge is -2.21. The normalized spacial score (nSPS) is 15.7. The van der Waals surface area contributed by atoms with Gasteiger partial charge in [0.1, 0.15) is 0 Å². The van der Waals surface area contributed by atoms with E-state index in [0.717, 1.165) is 31.7 Å². The molecule has 1 saturated heterocycles. The topological polar surface area (TPSA) is 67.6 Å². The highest BCUT2D eigenvalue weighted by molar-refractivity contribution is 5.86. The Bertz CT molecular complexity index is 387. The van der Waals surface area contributed by atoms with Crippen LogP contribution in [0.5, 0.6) is 0 Å². The maximum atomic E-state index is 10.7. The van der Waals surface area contributed by atoms with E-state index in [1.807, 2.05) is 35.3 Å². The summed E-state index contributed by atoms with van der Waals surface area (Å²) in [6, 6.07) is 9.59. The molecule has 1 aliphatic rings. The van der Waals surface area contributed by atoms with Gasteiger partial charge in [0.25, 0.3) is 0 Å². The Balaban J connectivity index is 0.000000218. The van der Waals surface area contributed by atoms with E-state index in [9.17, 15) is 4.79 Å². The predicted molar refractivity (Wildman–Crippen MR) is 76.1 cm³/mol. The van der Waals surface area contributed by atoms with E-state index < -0.39 is 0 Å². The number of esters is 1. The number of nitrogens with zero attached hydrogens (tertiary/aromatic N) is 1. The minimum absolute atomic E-state index is 0.334. The van der Waals surface area contributed by atoms with Crippen molar-refractivity contribution < 1.29 is 9.53 Å². The van der Waals surface area contributed by atoms with Crippen LogP contribution >= 0.6 is 0 Å². The van der Waals surface area contributed by atoms with Gasteiger partial charge >= 0.3 is 5.97 Å². The molecule has 0 saturated carbocycles. The number of nitrogens with two attached hydrogens (primary N) is 1. The third kappa shape index (κ3) is 7.35. The van der Waals surface area contributed by atoms with Gasteiger partial charge in [-0.25, -0.2) is 9.80 Å². The fraction of sp³-hybridized carbons (Fsp3) is 0.357. The summed E-state index contributed by atoms with van der Waals surface area (Å²) in [6.07, 6.45) is 3.11. The maximum absolute atomic E-state index is 10.7. The molecule has 0 radical (unpaired) electrons. The lowest BCUT2D eigenvalue weighted by molar-refractivity contribution is -0.134. The molecule has 1 heterocycles. The number of piperazine rings is 1. The lowest BCUT2D eigenvalue weighted by Crippen LogP contribution is -2.47. The molecule has 1 fully saturated rings. The summed E-state index contributed by atoms with van der Waals surface area (Å²) in [5.41, 5.74) is 0.989. The number of carbonyl (C=O) groups is 1. The molecule has 0 aliphatic carbocycles. The van der Waals surface area contributed by atoms with Gasteiger partial charge in [0, 0.05) is 32.3 Å². The van der Waals surface area contributed by atoms with Crippen LogP contribution in [0.4, 0.5) is 0 Å². The number of carbonyl (C=O) groups excluding carboxylic acids is 1. The van der Waals surface area contributed by atoms with Gasteiger partial charge in [-0.05, 0) is 11.6 Å². The van der Waals surface area contributed by atoms with E-state index in [4.69, 9.17) is 5.84 Å². The number of ether oxygens (including phenoxy) is 1. The minimum Gasteiger partial charge on any atom is -0.466 e. The van der Waals surface area contributed by atoms with Crippen molar-refractivity contribution in [2.75, 3.05) is 33.3 Å². The summed E-state index contributed by atoms with van der Waals surface area (Å²) < 4.78 is 4.45. The van der Waals surface area contributed by atoms with Gasteiger partial charge in [0.05, 0.1) is 7.11 Å². The van der Waals surface area contributed by atoms with Crippen LogP contribution in [0.3, 0.4) is 0 Å². The standard InChI is InChI=1S/C10H10O2.C4H11N3/c1-12-10(11)8-7-9-5-3-2-4-6-9;5-7-3-1-6-2-4-7/h2-8H,1H3;6H,1-5H2/b8-7+;. The first-order chi connectivity index (χ1) is 9.22. The number of benzene rings is 1. The van der Waals surface area contributed by atoms with Crippen molar-refractivity contribution >= 4 is 12.0 Å². The monoisotopic (exact) mass is 263 g/mol. The molecule has 2 rings (SSSR count). The van der Waals surface area contributed by atoms with Crippen molar-refractivity contribution in [2.45, 2.75) is 0 Å². The fourth-order valence-electron chi connectivity index (χ4n) is 1.48. The van der Waals surface area contributed by atoms with Gasteiger partial charge in [0.2, 0.25) is 0 Å². The number of methoxy groups -OCH3 is 1. The molecule has 0 amide bonds. The van der Waals surface area contributed by atoms with Gasteiger partial charge in [-0.3, -0.25) is 5.84 Å². The summed E-state index contributed by atoms with van der Waals surface area (Å²) in [4.78, 5) is 10.7. The highest BCUT2D eigenvalue weighted by Gasteiger charge is 2.01. The van der Waals surface area contributed by atoms with Crippen molar-refractivity contribution in [1.82, 2.24) is 10.3 Å². The Hall–Kier alpha value is -1.69. The van der Waals surface area contributed by atoms with Gasteiger partial charge < -0.3 is 10.1 Å². The third-order valence-electron chi connectivity index (χ3n) is 2.56. The average molecular weight is 263 g/mol. The maximum Gasteiger partial charge on any atom is 0.330 e. The lowest BCUT2D eigenvalue weighted by atomic mass is 10.2. The molecule has 0 bridgehead atoms. The molecular formula is C14H21N3O2. The van der Waals surface area contributed by atoms with Crippen LogP contribution in [0.25, 0.3) is 6.08 Å². The number of rotatable bonds is 2. The highest BCUT2D eigenvalue weighted by atomic mass is 16.5. The molecule has 0 spiro atoms. The summed E-state index contributed by atoms with van der Waals surface area (Å²) in [5.74, 6) is 5.09. The third-order valence-corrected chi connectivity index (χ3v) is 2.56. The van der Waals surface area contributed by atoms with Gasteiger partial charge in [-0.2, -0.15) is 0 Å². The molecular weight excluding hydrogens is 242 g/mol. The number of hydrogen-bond donors (Lipinski definition) is 2. The van der Waals surface area contributed by atoms with Crippen molar-refractivity contribution in [3.63, 3.8) is 0 Å². The Labute approximate surface area is 114 Å². The first-order valence-corrected chi connectivity index (χ1v) is 6.24. The minimum atomic E-state index is -0.334. The van der Waals surface area contributed by atoms with Crippen LogP contribution < -0.4 is 11.2 Å². The second-order valence-corrected chi connectivity index (χ2v) is 4.05. The molecule has 104 valence electrons. The summed E-state index contributed by atoms with van der Waals surface area (Å²) in [5, 5.41) is 5.02. The average Bonchev–Trinajstić information content (AvgIpc) is 2.47. The number of hydrogen-bond acceptors (Lipinski definition) is 5. The molecule has 5 heteroatoms. The number of nitrogens with one attached hydrogen (secondary N) is 1. The van der Waals surface area contributed by atoms with Crippen LogP contribution in [0.15, 0.2) is 36.4 Å². The van der Waals surface area contributed by atoms with Crippen LogP contribution in [-0.2, 0) is 9.53 Å². The van der Waals surface area contributed by atoms with Crippen molar-refractivity contribution in [2.24, 2.45) is 5.84 Å². The summed E-state index contributed by atoms with van der Waals surface area (Å²) in [6.45, 7) is 4.05. The largest absolute Gasteiger partial charge is 0.466 e. The molecule has 0 unspecified atom stereocenters. The Morgan fingerprint density at radius 3 is 2.42 bits per heavy atom. The predicted octanol–water partition coefficient (Wildman–Crippen LogP) is 0.638. The van der Waals surface area contributed by atoms with Crippen molar-refractivity contribution in [1.29, 1.82) is 0 Å². The zero-order valence-electron chi connectivity index (χ0n) is 11.2. The molecule has 1 aromatic carbocycles. The van der Waals surface area contributed by atoms with E-state index in [-0.39, 0.29) is 5.97 Å². The molecule has 0 atom stereocenters. The smallest absolute Gasteiger partial charge is 0.330 e. The highest BCUT2D eigenvalue weighted by Crippen LogP contribution is 2.00. The van der Waals surface area contributed by atoms with E-state index in [1.165, 1.54) is 13.2 Å². The van der Waals surface area contributed by atoms with Crippen LogP contribution in [0.1, 0.15) is 5.56 Å². The molecule has 0 aromatic heterocycles. The van der Waals surface area contributed by atoms with Gasteiger partial charge in [0.15, 0.2) is 0 Å². The summed E-state index contributed by atoms with van der Waals surface area (Å²) >= 11 is 0. The summed E-state index contributed by atoms with van der Waals surface area (Å²) in [7, 11) is 1.36. The quantitative estimate of drug-likeness (QED) is 0.465. The zero-order valence-corrected chi connectivity index (χ0v) is 11.2. The Morgan fingerprint density at radius 1 is 1.32 bits per heavy atom. The molecule has 19 heavy (non-hydrogen) atoms. The SMILES string of the molecule is COC(=O)/C=C/c1ccccc1.NN1CCNCC1. The van der Waals surface area contributed by atoms with Crippen molar-refractivity contribution in [3.8, 4) is 0 Å². The van der Waals surface area contributed by atoms with Crippen LogP contribution in [0.2, 0.25) is 0 Å². The Kier molecular flexibility index (Phi) is 7.50. The first-order valence-electron chi connectivity index (χ1n) is 6.24. The van der Waals surface area contributed by atoms with E-state index in [1.54, 1.807) is 6.08 Å². The first kappa shape index (κ1) is 15.4. The second-order valence-electron chi connectivity index (χ2n) is 4.05. The zero-order chi connectivity index (χ0) is 13.9. The van der Waals surface area contributed by atoms with Crippen LogP contribution in [0, 0.1) is 0 Å². The molecule has 3 N–H and O–H groups in total. The van der Waals surface area contributed by atoms with Crippen molar-refractivity contribution in [3.05, 3.63) is 42.0 Å². The number of hydrazine groups is 1. The van der Waals surface area contributed by atoms with E-state index in [2.05, 4.69) is 10.1 Å². The van der Waals surface area contributed by atoms with Crippen LogP contribution in [-0.4, -0.2) is 44.3 Å². The van der Waals surface area contributed by atoms with E-state index in [0.29, 0.717) is 0 Å².